The van der Waals surface area contributed by atoms with Crippen LogP contribution in [0.5, 0.6) is 0 Å². The molecule has 0 aliphatic rings. The predicted octanol–water partition coefficient (Wildman–Crippen LogP) is 16.1. The standard InChI is InChI=1S/C52H94O6/c1-4-7-10-13-16-19-22-24-25-26-27-28-31-33-36-39-42-45-51(54)57-48-49(47-56-50(53)44-41-38-35-32-29-21-18-15-12-9-6-3)58-52(55)46-43-40-37-34-30-23-20-17-14-11-8-5-2/h16,19,24-25,27-28,49H,4-15,17-18,20-23,26,29-48H2,1-3H3/b19-16-,25-24-,28-27-/t49-/m1/s1. The van der Waals surface area contributed by atoms with Gasteiger partial charge in [0.2, 0.25) is 0 Å². The molecule has 0 aliphatic carbocycles. The van der Waals surface area contributed by atoms with Crippen LogP contribution in [0.1, 0.15) is 258 Å². The minimum atomic E-state index is -0.774. The van der Waals surface area contributed by atoms with Crippen molar-refractivity contribution in [3.05, 3.63) is 36.5 Å². The van der Waals surface area contributed by atoms with Crippen molar-refractivity contribution < 1.29 is 28.6 Å². The van der Waals surface area contributed by atoms with Crippen LogP contribution in [-0.2, 0) is 28.6 Å². The lowest BCUT2D eigenvalue weighted by Crippen LogP contribution is -2.30. The topological polar surface area (TPSA) is 78.9 Å². The van der Waals surface area contributed by atoms with Crippen molar-refractivity contribution in [1.82, 2.24) is 0 Å². The molecule has 338 valence electrons. The van der Waals surface area contributed by atoms with Gasteiger partial charge in [-0.1, -0.05) is 218 Å². The molecular weight excluding hydrogens is 721 g/mol. The number of rotatable bonds is 45. The van der Waals surface area contributed by atoms with Crippen molar-refractivity contribution in [2.45, 2.75) is 264 Å². The molecule has 0 heterocycles. The highest BCUT2D eigenvalue weighted by molar-refractivity contribution is 5.71. The van der Waals surface area contributed by atoms with Gasteiger partial charge in [0.1, 0.15) is 13.2 Å². The van der Waals surface area contributed by atoms with E-state index in [1.807, 2.05) is 0 Å². The summed E-state index contributed by atoms with van der Waals surface area (Å²) < 4.78 is 16.7. The minimum Gasteiger partial charge on any atom is -0.462 e. The van der Waals surface area contributed by atoms with Crippen molar-refractivity contribution >= 4 is 17.9 Å². The molecule has 58 heavy (non-hydrogen) atoms. The first kappa shape index (κ1) is 55.6. The van der Waals surface area contributed by atoms with Crippen LogP contribution in [0.4, 0.5) is 0 Å². The van der Waals surface area contributed by atoms with E-state index in [-0.39, 0.29) is 31.1 Å². The van der Waals surface area contributed by atoms with Crippen LogP contribution < -0.4 is 0 Å². The Hall–Kier alpha value is -2.37. The number of unbranched alkanes of at least 4 members (excludes halogenated alkanes) is 28. The Bertz CT molecular complexity index is 984. The van der Waals surface area contributed by atoms with Crippen molar-refractivity contribution in [3.63, 3.8) is 0 Å². The zero-order valence-corrected chi connectivity index (χ0v) is 38.6. The van der Waals surface area contributed by atoms with Crippen LogP contribution in [0.15, 0.2) is 36.5 Å². The summed E-state index contributed by atoms with van der Waals surface area (Å²) in [5, 5.41) is 0. The first-order valence-corrected chi connectivity index (χ1v) is 25.0. The first-order chi connectivity index (χ1) is 28.5. The van der Waals surface area contributed by atoms with E-state index in [1.54, 1.807) is 0 Å². The highest BCUT2D eigenvalue weighted by atomic mass is 16.6. The molecule has 0 rings (SSSR count). The van der Waals surface area contributed by atoms with E-state index in [2.05, 4.69) is 57.2 Å². The molecule has 0 amide bonds. The third-order valence-electron chi connectivity index (χ3n) is 10.9. The molecule has 0 spiro atoms. The second kappa shape index (κ2) is 47.3. The molecule has 0 unspecified atom stereocenters. The predicted molar refractivity (Wildman–Crippen MR) is 247 cm³/mol. The van der Waals surface area contributed by atoms with E-state index in [4.69, 9.17) is 14.2 Å². The number of esters is 3. The van der Waals surface area contributed by atoms with Gasteiger partial charge >= 0.3 is 17.9 Å². The maximum atomic E-state index is 12.7. The molecule has 0 aromatic rings. The van der Waals surface area contributed by atoms with Crippen molar-refractivity contribution in [2.24, 2.45) is 0 Å². The van der Waals surface area contributed by atoms with Crippen LogP contribution in [0, 0.1) is 0 Å². The third kappa shape index (κ3) is 44.7. The third-order valence-corrected chi connectivity index (χ3v) is 10.9. The fraction of sp³-hybridized carbons (Fsp3) is 0.827. The largest absolute Gasteiger partial charge is 0.462 e. The molecule has 0 radical (unpaired) electrons. The quantitative estimate of drug-likeness (QED) is 0.0264. The number of allylic oxidation sites excluding steroid dienone is 6. The molecule has 1 atom stereocenters. The molecule has 0 saturated carbocycles. The average Bonchev–Trinajstić information content (AvgIpc) is 3.22. The summed E-state index contributed by atoms with van der Waals surface area (Å²) in [6.45, 7) is 6.59. The Balaban J connectivity index is 4.37. The summed E-state index contributed by atoms with van der Waals surface area (Å²) in [6.07, 6.45) is 54.0. The maximum Gasteiger partial charge on any atom is 0.306 e. The minimum absolute atomic E-state index is 0.0756. The van der Waals surface area contributed by atoms with Crippen LogP contribution in [-0.4, -0.2) is 37.2 Å². The fourth-order valence-corrected chi connectivity index (χ4v) is 7.10. The van der Waals surface area contributed by atoms with Crippen LogP contribution in [0.25, 0.3) is 0 Å². The summed E-state index contributed by atoms with van der Waals surface area (Å²) in [6, 6.07) is 0. The lowest BCUT2D eigenvalue weighted by atomic mass is 10.0. The number of carbonyl (C=O) groups is 3. The normalized spacial score (nSPS) is 12.3. The SMILES string of the molecule is CCCCC/C=C\C/C=C\C/C=C\CCCCCCC(=O)OC[C@@H](COC(=O)CCCCCCCCCCCCC)OC(=O)CCCCCCCCCCCCCC. The smallest absolute Gasteiger partial charge is 0.306 e. The lowest BCUT2D eigenvalue weighted by molar-refractivity contribution is -0.167. The molecule has 0 saturated heterocycles. The number of ether oxygens (including phenoxy) is 3. The second-order valence-corrected chi connectivity index (χ2v) is 16.7. The summed E-state index contributed by atoms with van der Waals surface area (Å²) in [5.74, 6) is -0.891. The number of hydrogen-bond donors (Lipinski definition) is 0. The van der Waals surface area contributed by atoms with E-state index in [1.165, 1.54) is 135 Å². The fourth-order valence-electron chi connectivity index (χ4n) is 7.10. The molecule has 0 aromatic heterocycles. The first-order valence-electron chi connectivity index (χ1n) is 25.0. The Kier molecular flexibility index (Phi) is 45.4. The second-order valence-electron chi connectivity index (χ2n) is 16.7. The number of hydrogen-bond acceptors (Lipinski definition) is 6. The van der Waals surface area contributed by atoms with E-state index < -0.39 is 6.10 Å². The van der Waals surface area contributed by atoms with Crippen LogP contribution in [0.2, 0.25) is 0 Å². The number of carbonyl (C=O) groups excluding carboxylic acids is 3. The van der Waals surface area contributed by atoms with E-state index >= 15 is 0 Å². The average molecular weight is 815 g/mol. The van der Waals surface area contributed by atoms with Gasteiger partial charge in [-0.15, -0.1) is 0 Å². The molecular formula is C52H94O6. The molecule has 0 N–H and O–H groups in total. The highest BCUT2D eigenvalue weighted by Crippen LogP contribution is 2.15. The molecule has 6 heteroatoms. The van der Waals surface area contributed by atoms with Crippen molar-refractivity contribution in [2.75, 3.05) is 13.2 Å². The summed E-state index contributed by atoms with van der Waals surface area (Å²) in [4.78, 5) is 37.8. The van der Waals surface area contributed by atoms with Gasteiger partial charge in [-0.05, 0) is 57.8 Å². The summed E-state index contributed by atoms with van der Waals surface area (Å²) in [7, 11) is 0. The van der Waals surface area contributed by atoms with E-state index in [0.29, 0.717) is 19.3 Å². The van der Waals surface area contributed by atoms with Gasteiger partial charge in [0.25, 0.3) is 0 Å². The Morgan fingerprint density at radius 1 is 0.345 bits per heavy atom. The highest BCUT2D eigenvalue weighted by Gasteiger charge is 2.19. The van der Waals surface area contributed by atoms with Gasteiger partial charge in [0, 0.05) is 19.3 Å². The molecule has 0 bridgehead atoms. The van der Waals surface area contributed by atoms with Gasteiger partial charge in [0.15, 0.2) is 6.10 Å². The van der Waals surface area contributed by atoms with Gasteiger partial charge in [0.05, 0.1) is 0 Å². The van der Waals surface area contributed by atoms with Gasteiger partial charge in [-0.25, -0.2) is 0 Å². The lowest BCUT2D eigenvalue weighted by Gasteiger charge is -2.18. The van der Waals surface area contributed by atoms with Gasteiger partial charge in [-0.3, -0.25) is 14.4 Å². The van der Waals surface area contributed by atoms with Crippen molar-refractivity contribution in [3.8, 4) is 0 Å². The van der Waals surface area contributed by atoms with E-state index in [9.17, 15) is 14.4 Å². The zero-order chi connectivity index (χ0) is 42.3. The maximum absolute atomic E-state index is 12.7. The Morgan fingerprint density at radius 2 is 0.621 bits per heavy atom. The summed E-state index contributed by atoms with van der Waals surface area (Å²) >= 11 is 0. The monoisotopic (exact) mass is 815 g/mol. The Labute approximate surface area is 359 Å². The summed E-state index contributed by atoms with van der Waals surface area (Å²) in [5.41, 5.74) is 0. The Morgan fingerprint density at radius 3 is 1.00 bits per heavy atom. The van der Waals surface area contributed by atoms with Crippen molar-refractivity contribution in [1.29, 1.82) is 0 Å². The zero-order valence-electron chi connectivity index (χ0n) is 38.6. The van der Waals surface area contributed by atoms with Crippen LogP contribution in [0.3, 0.4) is 0 Å². The molecule has 6 nitrogen and oxygen atoms in total. The van der Waals surface area contributed by atoms with E-state index in [0.717, 1.165) is 83.5 Å². The molecule has 0 fully saturated rings. The van der Waals surface area contributed by atoms with Crippen LogP contribution >= 0.6 is 0 Å². The van der Waals surface area contributed by atoms with Gasteiger partial charge < -0.3 is 14.2 Å². The molecule has 0 aliphatic heterocycles. The van der Waals surface area contributed by atoms with Gasteiger partial charge in [-0.2, -0.15) is 0 Å². The molecule has 0 aromatic carbocycles.